The number of nitrogens with one attached hydrogen (secondary N) is 1. The molecule has 3 aromatic carbocycles. The van der Waals surface area contributed by atoms with E-state index in [0.29, 0.717) is 44.2 Å². The zero-order chi connectivity index (χ0) is 26.7. The van der Waals surface area contributed by atoms with E-state index in [1.54, 1.807) is 30.3 Å². The fourth-order valence-corrected chi connectivity index (χ4v) is 6.97. The molecule has 1 N–H and O–H groups in total. The Hall–Kier alpha value is -3.17. The Morgan fingerprint density at radius 1 is 1.05 bits per heavy atom. The predicted octanol–water partition coefficient (Wildman–Crippen LogP) is 8.71. The molecule has 7 rings (SSSR count). The summed E-state index contributed by atoms with van der Waals surface area (Å²) in [5, 5.41) is 10.7. The first kappa shape index (κ1) is 24.8. The van der Waals surface area contributed by atoms with E-state index in [1.165, 1.54) is 0 Å². The lowest BCUT2D eigenvalue weighted by Crippen LogP contribution is -2.61. The van der Waals surface area contributed by atoms with Crippen molar-refractivity contribution >= 4 is 67.9 Å². The first-order valence-electron chi connectivity index (χ1n) is 12.1. The number of carbonyl (C=O) groups is 1. The Morgan fingerprint density at radius 2 is 1.85 bits per heavy atom. The molecule has 10 heteroatoms. The third-order valence-electron chi connectivity index (χ3n) is 6.85. The van der Waals surface area contributed by atoms with Crippen LogP contribution in [0.3, 0.4) is 0 Å². The zero-order valence-electron chi connectivity index (χ0n) is 20.0. The highest BCUT2D eigenvalue weighted by Gasteiger charge is 2.58. The molecule has 39 heavy (non-hydrogen) atoms. The van der Waals surface area contributed by atoms with Gasteiger partial charge in [0.2, 0.25) is 0 Å². The fraction of sp³-hybridized carbons (Fsp3) is 0.103. The lowest BCUT2D eigenvalue weighted by Gasteiger charge is -2.45. The van der Waals surface area contributed by atoms with Crippen molar-refractivity contribution < 1.29 is 13.9 Å². The number of thioether (sulfide) groups is 1. The number of benzene rings is 3. The Labute approximate surface area is 246 Å². The molecule has 0 aliphatic carbocycles. The van der Waals surface area contributed by atoms with Crippen LogP contribution < -0.4 is 10.1 Å². The van der Waals surface area contributed by atoms with Crippen molar-refractivity contribution in [1.82, 2.24) is 10.3 Å². The summed E-state index contributed by atoms with van der Waals surface area (Å²) in [6.45, 7) is 0. The van der Waals surface area contributed by atoms with E-state index < -0.39 is 5.85 Å². The van der Waals surface area contributed by atoms with E-state index in [-0.39, 0.29) is 11.3 Å². The summed E-state index contributed by atoms with van der Waals surface area (Å²) in [7, 11) is 0. The summed E-state index contributed by atoms with van der Waals surface area (Å²) in [6.07, 6.45) is 2.45. The number of amides is 1. The average Bonchev–Trinajstić information content (AvgIpc) is 3.64. The van der Waals surface area contributed by atoms with Gasteiger partial charge in [-0.1, -0.05) is 75.5 Å². The number of carbonyl (C=O) groups excluding carboxylic acids is 1. The van der Waals surface area contributed by atoms with Gasteiger partial charge in [0.05, 0.1) is 32.3 Å². The molecule has 0 bridgehead atoms. The largest absolute Gasteiger partial charge is 0.457 e. The number of hydrogen-bond donors (Lipinski definition) is 1. The lowest BCUT2D eigenvalue weighted by molar-refractivity contribution is -0.0949. The molecule has 4 heterocycles. The van der Waals surface area contributed by atoms with Crippen molar-refractivity contribution in [3.63, 3.8) is 0 Å². The molecule has 1 spiro atoms. The van der Waals surface area contributed by atoms with Gasteiger partial charge in [-0.3, -0.25) is 10.1 Å². The second kappa shape index (κ2) is 9.48. The molecular formula is C29H18BrCl2N3O3S. The summed E-state index contributed by atoms with van der Waals surface area (Å²) in [5.74, 6) is 0.392. The maximum absolute atomic E-state index is 12.9. The third kappa shape index (κ3) is 4.17. The second-order valence-corrected chi connectivity index (χ2v) is 12.0. The van der Waals surface area contributed by atoms with Gasteiger partial charge < -0.3 is 9.15 Å². The Balaban J connectivity index is 1.35. The molecule has 6 nitrogen and oxygen atoms in total. The van der Waals surface area contributed by atoms with Gasteiger partial charge in [-0.2, -0.15) is 5.10 Å². The normalized spacial score (nSPS) is 22.5. The van der Waals surface area contributed by atoms with Crippen LogP contribution in [0.15, 0.2) is 97.8 Å². The van der Waals surface area contributed by atoms with Crippen LogP contribution in [-0.4, -0.2) is 21.8 Å². The Bertz CT molecular complexity index is 1690. The van der Waals surface area contributed by atoms with Crippen LogP contribution >= 0.6 is 50.9 Å². The van der Waals surface area contributed by atoms with E-state index in [4.69, 9.17) is 37.5 Å². The van der Waals surface area contributed by atoms with Gasteiger partial charge in [0, 0.05) is 16.5 Å². The van der Waals surface area contributed by atoms with Crippen molar-refractivity contribution in [1.29, 1.82) is 0 Å². The van der Waals surface area contributed by atoms with Crippen LogP contribution in [-0.2, 0) is 0 Å². The molecule has 4 aromatic rings. The zero-order valence-corrected chi connectivity index (χ0v) is 23.9. The van der Waals surface area contributed by atoms with E-state index in [1.807, 2.05) is 59.6 Å². The van der Waals surface area contributed by atoms with Crippen LogP contribution in [0.25, 0.3) is 17.4 Å². The summed E-state index contributed by atoms with van der Waals surface area (Å²) in [5.41, 5.74) is 3.53. The van der Waals surface area contributed by atoms with Crippen LogP contribution in [0.1, 0.15) is 29.3 Å². The van der Waals surface area contributed by atoms with Crippen molar-refractivity contribution in [3.8, 4) is 17.1 Å². The molecular weight excluding hydrogens is 621 g/mol. The first-order valence-corrected chi connectivity index (χ1v) is 14.4. The molecule has 1 amide bonds. The Morgan fingerprint density at radius 3 is 2.64 bits per heavy atom. The van der Waals surface area contributed by atoms with E-state index >= 15 is 0 Å². The van der Waals surface area contributed by atoms with Gasteiger partial charge in [-0.05, 0) is 65.9 Å². The summed E-state index contributed by atoms with van der Waals surface area (Å²) < 4.78 is 13.7. The van der Waals surface area contributed by atoms with Crippen LogP contribution in [0.5, 0.6) is 5.75 Å². The molecule has 3 aliphatic heterocycles. The van der Waals surface area contributed by atoms with Gasteiger partial charge in [0.15, 0.2) is 0 Å². The molecule has 1 aromatic heterocycles. The van der Waals surface area contributed by atoms with Gasteiger partial charge in [0.25, 0.3) is 5.24 Å². The van der Waals surface area contributed by atoms with E-state index in [9.17, 15) is 4.79 Å². The van der Waals surface area contributed by atoms with Crippen LogP contribution in [0.2, 0.25) is 10.0 Å². The number of ether oxygens (including phenoxy) is 1. The van der Waals surface area contributed by atoms with Gasteiger partial charge in [0.1, 0.15) is 17.3 Å². The van der Waals surface area contributed by atoms with Crippen molar-refractivity contribution in [2.24, 2.45) is 5.10 Å². The highest BCUT2D eigenvalue weighted by Crippen LogP contribution is 2.53. The molecule has 2 atom stereocenters. The molecule has 3 aliphatic rings. The van der Waals surface area contributed by atoms with Crippen molar-refractivity contribution in [2.45, 2.75) is 18.3 Å². The van der Waals surface area contributed by atoms with Crippen LogP contribution in [0.4, 0.5) is 4.79 Å². The fourth-order valence-electron chi connectivity index (χ4n) is 5.12. The van der Waals surface area contributed by atoms with Gasteiger partial charge >= 0.3 is 5.85 Å². The number of fused-ring (bicyclic) bond motifs is 4. The minimum absolute atomic E-state index is 0.155. The summed E-state index contributed by atoms with van der Waals surface area (Å²) >= 11 is 17.4. The Kier molecular flexibility index (Phi) is 6.04. The summed E-state index contributed by atoms with van der Waals surface area (Å²) in [4.78, 5) is 13.5. The highest BCUT2D eigenvalue weighted by molar-refractivity contribution is 9.10. The quantitative estimate of drug-likeness (QED) is 0.243. The smallest absolute Gasteiger partial charge is 0.314 e. The number of halogens is 3. The standard InChI is InChI=1S/C29H18BrCl2N3O3S/c30-17-9-11-24-19(13-17)23-15-22(16-5-2-1-3-6-16)34-35(23)29(38-24)26(39-28(36)33-29)14-18-10-12-25(37-18)27-20(31)7-4-8-21(27)32/h1-14,23H,15H2,(H,33,36). The molecule has 2 unspecified atom stereocenters. The number of furan rings is 1. The second-order valence-electron chi connectivity index (χ2n) is 9.23. The molecule has 194 valence electrons. The molecule has 1 saturated heterocycles. The number of rotatable bonds is 3. The molecule has 1 fully saturated rings. The molecule has 0 radical (unpaired) electrons. The number of hydrazone groups is 1. The highest BCUT2D eigenvalue weighted by atomic mass is 79.9. The summed E-state index contributed by atoms with van der Waals surface area (Å²) in [6, 6.07) is 24.7. The lowest BCUT2D eigenvalue weighted by atomic mass is 9.96. The third-order valence-corrected chi connectivity index (χ3v) is 8.87. The maximum Gasteiger partial charge on any atom is 0.314 e. The maximum atomic E-state index is 12.9. The molecule has 0 saturated carbocycles. The minimum atomic E-state index is -1.33. The van der Waals surface area contributed by atoms with E-state index in [0.717, 1.165) is 33.1 Å². The minimum Gasteiger partial charge on any atom is -0.457 e. The van der Waals surface area contributed by atoms with Crippen molar-refractivity contribution in [2.75, 3.05) is 0 Å². The average molecular weight is 639 g/mol. The topological polar surface area (TPSA) is 67.1 Å². The number of hydrogen-bond acceptors (Lipinski definition) is 6. The SMILES string of the molecule is O=C1NC2(Oc3ccc(Br)cc3C3CC(c4ccccc4)=NN32)C(=Cc2ccc(-c3c(Cl)cccc3Cl)o2)S1. The van der Waals surface area contributed by atoms with Crippen molar-refractivity contribution in [3.05, 3.63) is 115 Å². The number of nitrogens with zero attached hydrogens (tertiary/aromatic N) is 2. The monoisotopic (exact) mass is 637 g/mol. The first-order chi connectivity index (χ1) is 18.9. The predicted molar refractivity (Wildman–Crippen MR) is 158 cm³/mol. The van der Waals surface area contributed by atoms with Gasteiger partial charge in [-0.25, -0.2) is 5.01 Å². The van der Waals surface area contributed by atoms with E-state index in [2.05, 4.69) is 21.2 Å². The van der Waals surface area contributed by atoms with Crippen LogP contribution in [0, 0.1) is 0 Å². The van der Waals surface area contributed by atoms with Gasteiger partial charge in [-0.15, -0.1) is 0 Å².